The molecule has 0 spiro atoms. The molecule has 0 atom stereocenters. The number of aryl methyl sites for hydroxylation is 1. The molecule has 0 bridgehead atoms. The van der Waals surface area contributed by atoms with Gasteiger partial charge in [-0.25, -0.2) is 19.9 Å². The third-order valence-corrected chi connectivity index (χ3v) is 4.81. The fourth-order valence-corrected chi connectivity index (χ4v) is 3.40. The van der Waals surface area contributed by atoms with Crippen LogP contribution in [-0.2, 0) is 0 Å². The molecule has 148 valence electrons. The zero-order chi connectivity index (χ0) is 20.2. The molecule has 9 nitrogen and oxygen atoms in total. The fourth-order valence-electron chi connectivity index (χ4n) is 3.40. The molecule has 9 heteroatoms. The Kier molecular flexibility index (Phi) is 5.28. The minimum absolute atomic E-state index is 0.0300. The number of nitro groups is 1. The molecule has 29 heavy (non-hydrogen) atoms. The summed E-state index contributed by atoms with van der Waals surface area (Å²) in [6.07, 6.45) is 4.46. The zero-order valence-electron chi connectivity index (χ0n) is 16.1. The quantitative estimate of drug-likeness (QED) is 0.494. The first-order valence-corrected chi connectivity index (χ1v) is 9.47. The monoisotopic (exact) mass is 391 g/mol. The highest BCUT2D eigenvalue weighted by Gasteiger charge is 2.19. The van der Waals surface area contributed by atoms with Crippen LogP contribution in [0, 0.1) is 17.0 Å². The van der Waals surface area contributed by atoms with Crippen molar-refractivity contribution >= 4 is 17.5 Å². The minimum Gasteiger partial charge on any atom is -0.355 e. The third-order valence-electron chi connectivity index (χ3n) is 4.81. The van der Waals surface area contributed by atoms with E-state index in [9.17, 15) is 10.1 Å². The molecule has 4 rings (SSSR count). The molecule has 0 unspecified atom stereocenters. The van der Waals surface area contributed by atoms with Crippen LogP contribution < -0.4 is 9.80 Å². The van der Waals surface area contributed by atoms with Crippen molar-refractivity contribution in [2.75, 3.05) is 36.0 Å². The van der Waals surface area contributed by atoms with E-state index in [4.69, 9.17) is 4.98 Å². The normalized spacial score (nSPS) is 14.5. The van der Waals surface area contributed by atoms with Crippen molar-refractivity contribution in [3.8, 4) is 11.4 Å². The molecular weight excluding hydrogens is 370 g/mol. The molecule has 1 aromatic carbocycles. The third kappa shape index (κ3) is 4.29. The highest BCUT2D eigenvalue weighted by atomic mass is 16.6. The topological polar surface area (TPSA) is 101 Å². The molecule has 0 N–H and O–H groups in total. The molecule has 1 saturated heterocycles. The number of hydrogen-bond donors (Lipinski definition) is 0. The number of nitrogens with zero attached hydrogens (tertiary/aromatic N) is 7. The van der Waals surface area contributed by atoms with Gasteiger partial charge in [0.25, 0.3) is 5.69 Å². The van der Waals surface area contributed by atoms with Gasteiger partial charge in [-0.05, 0) is 19.4 Å². The van der Waals surface area contributed by atoms with E-state index in [-0.39, 0.29) is 5.69 Å². The summed E-state index contributed by atoms with van der Waals surface area (Å²) in [5.74, 6) is 2.07. The van der Waals surface area contributed by atoms with E-state index in [0.717, 1.165) is 50.1 Å². The van der Waals surface area contributed by atoms with E-state index < -0.39 is 4.92 Å². The summed E-state index contributed by atoms with van der Waals surface area (Å²) in [4.78, 5) is 33.0. The van der Waals surface area contributed by atoms with Gasteiger partial charge in [0.1, 0.15) is 5.82 Å². The largest absolute Gasteiger partial charge is 0.355 e. The van der Waals surface area contributed by atoms with Crippen molar-refractivity contribution in [1.82, 2.24) is 19.9 Å². The lowest BCUT2D eigenvalue weighted by atomic mass is 10.2. The van der Waals surface area contributed by atoms with Gasteiger partial charge in [0.2, 0.25) is 5.95 Å². The molecule has 1 fully saturated rings. The van der Waals surface area contributed by atoms with Crippen LogP contribution >= 0.6 is 0 Å². The maximum Gasteiger partial charge on any atom is 0.270 e. The van der Waals surface area contributed by atoms with E-state index in [0.29, 0.717) is 11.4 Å². The summed E-state index contributed by atoms with van der Waals surface area (Å²) in [5.41, 5.74) is 1.49. The molecule has 1 aliphatic heterocycles. The van der Waals surface area contributed by atoms with Gasteiger partial charge < -0.3 is 9.80 Å². The first-order valence-electron chi connectivity index (χ1n) is 9.47. The minimum atomic E-state index is -0.407. The maximum absolute atomic E-state index is 11.1. The highest BCUT2D eigenvalue weighted by molar-refractivity contribution is 5.61. The summed E-state index contributed by atoms with van der Waals surface area (Å²) in [7, 11) is 0. The summed E-state index contributed by atoms with van der Waals surface area (Å²) in [6.45, 7) is 5.22. The van der Waals surface area contributed by atoms with E-state index in [2.05, 4.69) is 24.8 Å². The predicted molar refractivity (Wildman–Crippen MR) is 110 cm³/mol. The van der Waals surface area contributed by atoms with Crippen molar-refractivity contribution in [3.05, 3.63) is 64.6 Å². The Labute approximate surface area is 168 Å². The second kappa shape index (κ2) is 8.17. The summed E-state index contributed by atoms with van der Waals surface area (Å²) < 4.78 is 0. The molecule has 0 amide bonds. The summed E-state index contributed by atoms with van der Waals surface area (Å²) in [5, 5.41) is 11.1. The number of nitro benzene ring substituents is 1. The van der Waals surface area contributed by atoms with E-state index >= 15 is 0 Å². The number of hydrogen-bond acceptors (Lipinski definition) is 8. The van der Waals surface area contributed by atoms with Gasteiger partial charge in [0.15, 0.2) is 5.82 Å². The van der Waals surface area contributed by atoms with Crippen LogP contribution in [0.3, 0.4) is 0 Å². The van der Waals surface area contributed by atoms with Crippen molar-refractivity contribution in [1.29, 1.82) is 0 Å². The van der Waals surface area contributed by atoms with E-state index in [1.54, 1.807) is 24.5 Å². The Morgan fingerprint density at radius 2 is 1.72 bits per heavy atom. The number of anilines is 2. The van der Waals surface area contributed by atoms with Gasteiger partial charge >= 0.3 is 0 Å². The fraction of sp³-hybridized carbons (Fsp3) is 0.300. The predicted octanol–water partition coefficient (Wildman–Crippen LogP) is 2.87. The van der Waals surface area contributed by atoms with Gasteiger partial charge in [-0.2, -0.15) is 0 Å². The number of benzene rings is 1. The summed E-state index contributed by atoms with van der Waals surface area (Å²) in [6, 6.07) is 10.2. The standard InChI is InChI=1S/C20H21N7O2/c1-15-13-18(24-19(23-15)16-5-2-6-17(14-16)27(28)29)25-9-4-10-26(12-11-25)20-21-7-3-8-22-20/h2-3,5-8,13-14H,4,9-12H2,1H3. The second-order valence-electron chi connectivity index (χ2n) is 6.88. The molecular formula is C20H21N7O2. The number of non-ortho nitro benzene ring substituents is 1. The second-order valence-corrected chi connectivity index (χ2v) is 6.88. The van der Waals surface area contributed by atoms with Crippen molar-refractivity contribution in [2.45, 2.75) is 13.3 Å². The van der Waals surface area contributed by atoms with Gasteiger partial charge in [0, 0.05) is 68.0 Å². The van der Waals surface area contributed by atoms with Crippen LogP contribution in [0.4, 0.5) is 17.5 Å². The molecule has 1 aliphatic rings. The smallest absolute Gasteiger partial charge is 0.270 e. The van der Waals surface area contributed by atoms with Crippen molar-refractivity contribution in [2.24, 2.45) is 0 Å². The van der Waals surface area contributed by atoms with Gasteiger partial charge in [-0.15, -0.1) is 0 Å². The van der Waals surface area contributed by atoms with Gasteiger partial charge in [0.05, 0.1) is 4.92 Å². The Morgan fingerprint density at radius 1 is 0.966 bits per heavy atom. The van der Waals surface area contributed by atoms with Crippen molar-refractivity contribution < 1.29 is 4.92 Å². The molecule has 0 radical (unpaired) electrons. The Hall–Kier alpha value is -3.62. The Balaban J connectivity index is 1.58. The first kappa shape index (κ1) is 18.7. The molecule has 3 aromatic rings. The first-order chi connectivity index (χ1) is 14.1. The lowest BCUT2D eigenvalue weighted by Gasteiger charge is -2.23. The lowest BCUT2D eigenvalue weighted by molar-refractivity contribution is -0.384. The van der Waals surface area contributed by atoms with Crippen LogP contribution in [0.1, 0.15) is 12.1 Å². The van der Waals surface area contributed by atoms with E-state index in [1.807, 2.05) is 19.1 Å². The van der Waals surface area contributed by atoms with Crippen LogP contribution in [0.5, 0.6) is 0 Å². The van der Waals surface area contributed by atoms with Crippen LogP contribution in [0.15, 0.2) is 48.8 Å². The molecule has 0 aliphatic carbocycles. The van der Waals surface area contributed by atoms with Crippen LogP contribution in [0.2, 0.25) is 0 Å². The van der Waals surface area contributed by atoms with Crippen LogP contribution in [0.25, 0.3) is 11.4 Å². The van der Waals surface area contributed by atoms with Gasteiger partial charge in [-0.1, -0.05) is 12.1 Å². The lowest BCUT2D eigenvalue weighted by Crippen LogP contribution is -2.32. The van der Waals surface area contributed by atoms with E-state index in [1.165, 1.54) is 12.1 Å². The SMILES string of the molecule is Cc1cc(N2CCCN(c3ncccn3)CC2)nc(-c2cccc([N+](=O)[O-])c2)n1. The number of rotatable bonds is 4. The molecule has 3 heterocycles. The average molecular weight is 391 g/mol. The zero-order valence-corrected chi connectivity index (χ0v) is 16.1. The number of aromatic nitrogens is 4. The maximum atomic E-state index is 11.1. The van der Waals surface area contributed by atoms with Crippen LogP contribution in [-0.4, -0.2) is 51.0 Å². The van der Waals surface area contributed by atoms with Crippen molar-refractivity contribution in [3.63, 3.8) is 0 Å². The average Bonchev–Trinajstić information content (AvgIpc) is 3.00. The Morgan fingerprint density at radius 3 is 2.52 bits per heavy atom. The molecule has 2 aromatic heterocycles. The summed E-state index contributed by atoms with van der Waals surface area (Å²) >= 11 is 0. The molecule has 0 saturated carbocycles. The van der Waals surface area contributed by atoms with Gasteiger partial charge in [-0.3, -0.25) is 10.1 Å². The Bertz CT molecular complexity index is 1010. The highest BCUT2D eigenvalue weighted by Crippen LogP contribution is 2.24.